The Balaban J connectivity index is 2.43. The molecule has 1 aliphatic rings. The van der Waals surface area contributed by atoms with Gasteiger partial charge in [0.2, 0.25) is 0 Å². The van der Waals surface area contributed by atoms with Crippen molar-refractivity contribution in [2.45, 2.75) is 78.2 Å². The van der Waals surface area contributed by atoms with Crippen molar-refractivity contribution >= 4 is 0 Å². The average Bonchev–Trinajstić information content (AvgIpc) is 2.76. The fourth-order valence-corrected chi connectivity index (χ4v) is 3.62. The van der Waals surface area contributed by atoms with Gasteiger partial charge < -0.3 is 5.32 Å². The molecule has 0 amide bonds. The Bertz CT molecular complexity index is 190. The van der Waals surface area contributed by atoms with Gasteiger partial charge in [-0.2, -0.15) is 0 Å². The first-order valence-corrected chi connectivity index (χ1v) is 7.90. The zero-order chi connectivity index (χ0) is 12.7. The highest BCUT2D eigenvalue weighted by atomic mass is 14.9. The molecule has 1 rings (SSSR count). The standard InChI is InChI=1S/C16H33N/c1-5-7-10-14(6-2)12-16(17-4)15-11-8-9-13(15)3/h13-17H,5-12H2,1-4H3. The monoisotopic (exact) mass is 239 g/mol. The Morgan fingerprint density at radius 2 is 2.00 bits per heavy atom. The van der Waals surface area contributed by atoms with Crippen LogP contribution >= 0.6 is 0 Å². The molecule has 17 heavy (non-hydrogen) atoms. The van der Waals surface area contributed by atoms with Gasteiger partial charge in [0.05, 0.1) is 0 Å². The Morgan fingerprint density at radius 1 is 1.24 bits per heavy atom. The Labute approximate surface area is 109 Å². The van der Waals surface area contributed by atoms with Gasteiger partial charge in [0, 0.05) is 6.04 Å². The minimum absolute atomic E-state index is 0.773. The summed E-state index contributed by atoms with van der Waals surface area (Å²) in [5.74, 6) is 2.83. The van der Waals surface area contributed by atoms with Crippen molar-refractivity contribution in [3.05, 3.63) is 0 Å². The number of hydrogen-bond donors (Lipinski definition) is 1. The van der Waals surface area contributed by atoms with E-state index in [4.69, 9.17) is 0 Å². The Morgan fingerprint density at radius 3 is 2.47 bits per heavy atom. The van der Waals surface area contributed by atoms with E-state index in [9.17, 15) is 0 Å². The van der Waals surface area contributed by atoms with Gasteiger partial charge in [-0.15, -0.1) is 0 Å². The van der Waals surface area contributed by atoms with Crippen LogP contribution in [-0.2, 0) is 0 Å². The summed E-state index contributed by atoms with van der Waals surface area (Å²) in [5.41, 5.74) is 0. The van der Waals surface area contributed by atoms with Crippen LogP contribution in [0.15, 0.2) is 0 Å². The number of hydrogen-bond acceptors (Lipinski definition) is 1. The van der Waals surface area contributed by atoms with Crippen molar-refractivity contribution < 1.29 is 0 Å². The molecule has 1 heteroatoms. The second kappa shape index (κ2) is 8.13. The number of rotatable bonds is 8. The van der Waals surface area contributed by atoms with E-state index in [-0.39, 0.29) is 0 Å². The SMILES string of the molecule is CCCCC(CC)CC(NC)C1CCCC1C. The molecule has 0 bridgehead atoms. The van der Waals surface area contributed by atoms with Gasteiger partial charge in [0.25, 0.3) is 0 Å². The van der Waals surface area contributed by atoms with Crippen LogP contribution in [0.2, 0.25) is 0 Å². The number of nitrogens with one attached hydrogen (secondary N) is 1. The largest absolute Gasteiger partial charge is 0.317 e. The second-order valence-corrected chi connectivity index (χ2v) is 6.12. The maximum atomic E-state index is 3.62. The van der Waals surface area contributed by atoms with E-state index in [0.29, 0.717) is 0 Å². The molecule has 0 aliphatic heterocycles. The fraction of sp³-hybridized carbons (Fsp3) is 1.00. The lowest BCUT2D eigenvalue weighted by Crippen LogP contribution is -2.36. The third kappa shape index (κ3) is 4.62. The molecule has 102 valence electrons. The molecule has 0 radical (unpaired) electrons. The Hall–Kier alpha value is -0.0400. The molecular formula is C16H33N. The summed E-state index contributed by atoms with van der Waals surface area (Å²) in [7, 11) is 2.17. The van der Waals surface area contributed by atoms with Crippen LogP contribution in [0.25, 0.3) is 0 Å². The van der Waals surface area contributed by atoms with Crippen LogP contribution in [0.3, 0.4) is 0 Å². The van der Waals surface area contributed by atoms with Crippen LogP contribution in [0, 0.1) is 17.8 Å². The highest BCUT2D eigenvalue weighted by molar-refractivity contribution is 4.85. The minimum Gasteiger partial charge on any atom is -0.317 e. The highest BCUT2D eigenvalue weighted by Gasteiger charge is 2.30. The van der Waals surface area contributed by atoms with E-state index in [1.54, 1.807) is 0 Å². The normalized spacial score (nSPS) is 28.2. The summed E-state index contributed by atoms with van der Waals surface area (Å²) in [4.78, 5) is 0. The highest BCUT2D eigenvalue weighted by Crippen LogP contribution is 2.36. The molecule has 0 spiro atoms. The summed E-state index contributed by atoms with van der Waals surface area (Å²) in [6.07, 6.45) is 11.3. The van der Waals surface area contributed by atoms with Crippen LogP contribution < -0.4 is 5.32 Å². The lowest BCUT2D eigenvalue weighted by atomic mass is 9.82. The lowest BCUT2D eigenvalue weighted by molar-refractivity contribution is 0.252. The van der Waals surface area contributed by atoms with Gasteiger partial charge in [-0.05, 0) is 37.6 Å². The van der Waals surface area contributed by atoms with Gasteiger partial charge in [0.15, 0.2) is 0 Å². The maximum absolute atomic E-state index is 3.62. The van der Waals surface area contributed by atoms with Crippen LogP contribution in [0.4, 0.5) is 0 Å². The van der Waals surface area contributed by atoms with E-state index in [0.717, 1.165) is 23.8 Å². The van der Waals surface area contributed by atoms with E-state index in [1.165, 1.54) is 51.4 Å². The first kappa shape index (κ1) is 15.0. The number of unbranched alkanes of at least 4 members (excludes halogenated alkanes) is 1. The second-order valence-electron chi connectivity index (χ2n) is 6.12. The summed E-state index contributed by atoms with van der Waals surface area (Å²) in [5, 5.41) is 3.62. The molecule has 0 aromatic rings. The van der Waals surface area contributed by atoms with Crippen molar-refractivity contribution in [3.63, 3.8) is 0 Å². The smallest absolute Gasteiger partial charge is 0.00975 e. The molecule has 1 nitrogen and oxygen atoms in total. The summed E-state index contributed by atoms with van der Waals surface area (Å²) >= 11 is 0. The summed E-state index contributed by atoms with van der Waals surface area (Å²) in [6.45, 7) is 7.13. The molecule has 1 fully saturated rings. The quantitative estimate of drug-likeness (QED) is 0.652. The third-order valence-corrected chi connectivity index (χ3v) is 4.95. The first-order chi connectivity index (χ1) is 8.22. The van der Waals surface area contributed by atoms with Crippen LogP contribution in [0.5, 0.6) is 0 Å². The van der Waals surface area contributed by atoms with Gasteiger partial charge in [-0.25, -0.2) is 0 Å². The molecule has 1 aliphatic carbocycles. The fourth-order valence-electron chi connectivity index (χ4n) is 3.62. The van der Waals surface area contributed by atoms with Crippen LogP contribution in [-0.4, -0.2) is 13.1 Å². The summed E-state index contributed by atoms with van der Waals surface area (Å²) in [6, 6.07) is 0.773. The zero-order valence-corrected chi connectivity index (χ0v) is 12.5. The van der Waals surface area contributed by atoms with E-state index < -0.39 is 0 Å². The lowest BCUT2D eigenvalue weighted by Gasteiger charge is -2.30. The Kier molecular flexibility index (Phi) is 7.18. The molecule has 1 saturated carbocycles. The molecule has 0 aromatic heterocycles. The minimum atomic E-state index is 0.773. The zero-order valence-electron chi connectivity index (χ0n) is 12.5. The van der Waals surface area contributed by atoms with Gasteiger partial charge in [-0.3, -0.25) is 0 Å². The third-order valence-electron chi connectivity index (χ3n) is 4.95. The summed E-state index contributed by atoms with van der Waals surface area (Å²) < 4.78 is 0. The van der Waals surface area contributed by atoms with Crippen molar-refractivity contribution in [3.8, 4) is 0 Å². The van der Waals surface area contributed by atoms with Gasteiger partial charge in [-0.1, -0.05) is 59.3 Å². The predicted octanol–water partition coefficient (Wildman–Crippen LogP) is 4.62. The topological polar surface area (TPSA) is 12.0 Å². The van der Waals surface area contributed by atoms with Crippen molar-refractivity contribution in [1.82, 2.24) is 5.32 Å². The van der Waals surface area contributed by atoms with E-state index in [1.807, 2.05) is 0 Å². The predicted molar refractivity (Wildman–Crippen MR) is 77.3 cm³/mol. The van der Waals surface area contributed by atoms with Crippen molar-refractivity contribution in [2.75, 3.05) is 7.05 Å². The van der Waals surface area contributed by atoms with Gasteiger partial charge in [0.1, 0.15) is 0 Å². The molecule has 0 heterocycles. The molecule has 0 aromatic carbocycles. The van der Waals surface area contributed by atoms with E-state index in [2.05, 4.69) is 33.1 Å². The van der Waals surface area contributed by atoms with Gasteiger partial charge >= 0.3 is 0 Å². The molecule has 1 N–H and O–H groups in total. The van der Waals surface area contributed by atoms with Crippen molar-refractivity contribution in [1.29, 1.82) is 0 Å². The molecule has 0 saturated heterocycles. The van der Waals surface area contributed by atoms with E-state index >= 15 is 0 Å². The molecule has 4 atom stereocenters. The first-order valence-electron chi connectivity index (χ1n) is 7.90. The average molecular weight is 239 g/mol. The molecule has 4 unspecified atom stereocenters. The maximum Gasteiger partial charge on any atom is 0.00975 e. The molecular weight excluding hydrogens is 206 g/mol. The van der Waals surface area contributed by atoms with Crippen LogP contribution in [0.1, 0.15) is 72.1 Å². The van der Waals surface area contributed by atoms with Crippen molar-refractivity contribution in [2.24, 2.45) is 17.8 Å².